The molecule has 0 spiro atoms. The minimum absolute atomic E-state index is 0.0693. The Labute approximate surface area is 152 Å². The average molecular weight is 372 g/mol. The molecule has 3 aromatic rings. The van der Waals surface area contributed by atoms with Crippen LogP contribution in [0.1, 0.15) is 5.56 Å². The maximum atomic E-state index is 11.9. The van der Waals surface area contributed by atoms with Crippen LogP contribution in [0.2, 0.25) is 0 Å². The molecule has 2 heterocycles. The number of aromatic nitrogens is 4. The summed E-state index contributed by atoms with van der Waals surface area (Å²) in [5.74, 6) is -0.113. The maximum absolute atomic E-state index is 11.9. The standard InChI is InChI=1S/C15H16N8O2S/c16-10-6-11(17)20-13(19-10)25-8-12(24)21-15-23-22-14(26-15)18-7-9-4-2-1-3-5-9/h1-6H,7-8H2,(H,18,22)(H,21,23,24)(H4,16,17,19,20). The van der Waals surface area contributed by atoms with Crippen LogP contribution in [0.15, 0.2) is 36.4 Å². The van der Waals surface area contributed by atoms with Gasteiger partial charge in [0.15, 0.2) is 6.61 Å². The summed E-state index contributed by atoms with van der Waals surface area (Å²) in [5.41, 5.74) is 12.2. The van der Waals surface area contributed by atoms with E-state index < -0.39 is 5.91 Å². The van der Waals surface area contributed by atoms with Crippen LogP contribution >= 0.6 is 11.3 Å². The molecule has 0 aliphatic heterocycles. The summed E-state index contributed by atoms with van der Waals surface area (Å²) in [4.78, 5) is 19.5. The zero-order valence-corrected chi connectivity index (χ0v) is 14.4. The van der Waals surface area contributed by atoms with Crippen molar-refractivity contribution in [3.05, 3.63) is 42.0 Å². The molecule has 26 heavy (non-hydrogen) atoms. The highest BCUT2D eigenvalue weighted by Crippen LogP contribution is 2.20. The molecular formula is C15H16N8O2S. The van der Waals surface area contributed by atoms with Gasteiger partial charge in [0.1, 0.15) is 11.6 Å². The van der Waals surface area contributed by atoms with E-state index in [-0.39, 0.29) is 24.3 Å². The summed E-state index contributed by atoms with van der Waals surface area (Å²) in [6.45, 7) is 0.302. The highest BCUT2D eigenvalue weighted by atomic mass is 32.1. The number of benzene rings is 1. The van der Waals surface area contributed by atoms with Gasteiger partial charge in [-0.2, -0.15) is 9.97 Å². The topological polar surface area (TPSA) is 154 Å². The van der Waals surface area contributed by atoms with Gasteiger partial charge in [0.2, 0.25) is 10.3 Å². The van der Waals surface area contributed by atoms with Gasteiger partial charge in [-0.05, 0) is 5.56 Å². The molecule has 2 aromatic heterocycles. The van der Waals surface area contributed by atoms with Gasteiger partial charge in [0, 0.05) is 12.6 Å². The fourth-order valence-corrected chi connectivity index (χ4v) is 2.59. The lowest BCUT2D eigenvalue weighted by Crippen LogP contribution is -2.21. The van der Waals surface area contributed by atoms with E-state index >= 15 is 0 Å². The van der Waals surface area contributed by atoms with Crippen molar-refractivity contribution >= 4 is 39.1 Å². The predicted molar refractivity (Wildman–Crippen MR) is 98.7 cm³/mol. The first-order chi connectivity index (χ1) is 12.6. The SMILES string of the molecule is Nc1cc(N)nc(OCC(=O)Nc2nnc(NCc3ccccc3)s2)n1. The molecular weight excluding hydrogens is 356 g/mol. The van der Waals surface area contributed by atoms with Crippen LogP contribution in [0.5, 0.6) is 6.01 Å². The van der Waals surface area contributed by atoms with Gasteiger partial charge in [-0.3, -0.25) is 10.1 Å². The van der Waals surface area contributed by atoms with Gasteiger partial charge in [0.05, 0.1) is 0 Å². The number of hydrogen-bond acceptors (Lipinski definition) is 10. The highest BCUT2D eigenvalue weighted by molar-refractivity contribution is 7.19. The number of nitrogens with one attached hydrogen (secondary N) is 2. The second-order valence-corrected chi connectivity index (χ2v) is 6.07. The summed E-state index contributed by atoms with van der Waals surface area (Å²) >= 11 is 1.21. The monoisotopic (exact) mass is 372 g/mol. The van der Waals surface area contributed by atoms with Crippen LogP contribution in [-0.4, -0.2) is 32.7 Å². The molecule has 0 atom stereocenters. The van der Waals surface area contributed by atoms with E-state index in [2.05, 4.69) is 30.8 Å². The van der Waals surface area contributed by atoms with E-state index in [9.17, 15) is 4.79 Å². The number of anilines is 4. The van der Waals surface area contributed by atoms with Crippen LogP contribution in [0.3, 0.4) is 0 Å². The van der Waals surface area contributed by atoms with E-state index in [1.54, 1.807) is 0 Å². The third-order valence-electron chi connectivity index (χ3n) is 3.04. The Kier molecular flexibility index (Phi) is 5.39. The molecule has 0 fully saturated rings. The lowest BCUT2D eigenvalue weighted by molar-refractivity contribution is -0.118. The zero-order valence-electron chi connectivity index (χ0n) is 13.5. The number of carbonyl (C=O) groups is 1. The average Bonchev–Trinajstić information content (AvgIpc) is 3.06. The smallest absolute Gasteiger partial charge is 0.320 e. The number of nitrogen functional groups attached to an aromatic ring is 2. The number of hydrogen-bond donors (Lipinski definition) is 4. The summed E-state index contributed by atoms with van der Waals surface area (Å²) in [6, 6.07) is 11.2. The number of amides is 1. The molecule has 0 bridgehead atoms. The third kappa shape index (κ3) is 5.01. The van der Waals surface area contributed by atoms with Crippen molar-refractivity contribution in [1.29, 1.82) is 0 Å². The largest absolute Gasteiger partial charge is 0.453 e. The van der Waals surface area contributed by atoms with Crippen LogP contribution in [0.25, 0.3) is 0 Å². The summed E-state index contributed by atoms with van der Waals surface area (Å²) < 4.78 is 5.16. The van der Waals surface area contributed by atoms with Gasteiger partial charge >= 0.3 is 6.01 Å². The normalized spacial score (nSPS) is 10.3. The van der Waals surface area contributed by atoms with Crippen LogP contribution < -0.4 is 26.8 Å². The van der Waals surface area contributed by atoms with E-state index in [0.717, 1.165) is 5.56 Å². The van der Waals surface area contributed by atoms with Crippen LogP contribution in [-0.2, 0) is 11.3 Å². The molecule has 1 aromatic carbocycles. The Balaban J connectivity index is 1.48. The molecule has 0 aliphatic carbocycles. The van der Waals surface area contributed by atoms with Gasteiger partial charge in [-0.1, -0.05) is 41.7 Å². The molecule has 0 saturated heterocycles. The van der Waals surface area contributed by atoms with Crippen molar-refractivity contribution in [2.75, 3.05) is 28.7 Å². The highest BCUT2D eigenvalue weighted by Gasteiger charge is 2.10. The summed E-state index contributed by atoms with van der Waals surface area (Å²) in [6.07, 6.45) is 0. The Morgan fingerprint density at radius 1 is 1.08 bits per heavy atom. The number of ether oxygens (including phenoxy) is 1. The fraction of sp³-hybridized carbons (Fsp3) is 0.133. The zero-order chi connectivity index (χ0) is 18.4. The molecule has 11 heteroatoms. The third-order valence-corrected chi connectivity index (χ3v) is 3.83. The first-order valence-corrected chi connectivity index (χ1v) is 8.34. The van der Waals surface area contributed by atoms with Gasteiger partial charge in [-0.15, -0.1) is 10.2 Å². The molecule has 0 saturated carbocycles. The van der Waals surface area contributed by atoms with E-state index in [4.69, 9.17) is 16.2 Å². The lowest BCUT2D eigenvalue weighted by Gasteiger charge is -2.05. The Bertz CT molecular complexity index is 866. The molecule has 1 amide bonds. The minimum Gasteiger partial charge on any atom is -0.453 e. The molecule has 6 N–H and O–H groups in total. The number of rotatable bonds is 7. The van der Waals surface area contributed by atoms with Crippen molar-refractivity contribution in [3.8, 4) is 6.01 Å². The second kappa shape index (κ2) is 8.07. The molecule has 0 radical (unpaired) electrons. The molecule has 134 valence electrons. The molecule has 0 aliphatic rings. The number of carbonyl (C=O) groups excluding carboxylic acids is 1. The summed E-state index contributed by atoms with van der Waals surface area (Å²) in [7, 11) is 0. The Hall–Kier alpha value is -3.47. The number of nitrogens with zero attached hydrogens (tertiary/aromatic N) is 4. The predicted octanol–water partition coefficient (Wildman–Crippen LogP) is 1.12. The second-order valence-electron chi connectivity index (χ2n) is 5.09. The Morgan fingerprint density at radius 3 is 2.50 bits per heavy atom. The molecule has 10 nitrogen and oxygen atoms in total. The van der Waals surface area contributed by atoms with E-state index in [1.165, 1.54) is 17.4 Å². The van der Waals surface area contributed by atoms with Crippen molar-refractivity contribution in [3.63, 3.8) is 0 Å². The van der Waals surface area contributed by atoms with Crippen LogP contribution in [0.4, 0.5) is 21.9 Å². The van der Waals surface area contributed by atoms with E-state index in [1.807, 2.05) is 30.3 Å². The number of nitrogens with two attached hydrogens (primary N) is 2. The lowest BCUT2D eigenvalue weighted by atomic mass is 10.2. The minimum atomic E-state index is -0.430. The molecule has 3 rings (SSSR count). The van der Waals surface area contributed by atoms with Crippen molar-refractivity contribution < 1.29 is 9.53 Å². The Morgan fingerprint density at radius 2 is 1.77 bits per heavy atom. The van der Waals surface area contributed by atoms with Crippen molar-refractivity contribution in [2.24, 2.45) is 0 Å². The maximum Gasteiger partial charge on any atom is 0.320 e. The first kappa shape index (κ1) is 17.4. The van der Waals surface area contributed by atoms with Crippen molar-refractivity contribution in [2.45, 2.75) is 6.54 Å². The molecule has 0 unspecified atom stereocenters. The quantitative estimate of drug-likeness (QED) is 0.477. The fourth-order valence-electron chi connectivity index (χ4n) is 1.93. The van der Waals surface area contributed by atoms with E-state index in [0.29, 0.717) is 16.8 Å². The van der Waals surface area contributed by atoms with Crippen molar-refractivity contribution in [1.82, 2.24) is 20.2 Å². The van der Waals surface area contributed by atoms with Gasteiger partial charge < -0.3 is 21.5 Å². The summed E-state index contributed by atoms with van der Waals surface area (Å²) in [5, 5.41) is 14.5. The first-order valence-electron chi connectivity index (χ1n) is 7.52. The van der Waals surface area contributed by atoms with Gasteiger partial charge in [0.25, 0.3) is 5.91 Å². The van der Waals surface area contributed by atoms with Gasteiger partial charge in [-0.25, -0.2) is 0 Å². The van der Waals surface area contributed by atoms with Crippen LogP contribution in [0, 0.1) is 0 Å².